The third kappa shape index (κ3) is 4.80. The van der Waals surface area contributed by atoms with Gasteiger partial charge in [0.25, 0.3) is 5.91 Å². The fourth-order valence-electron chi connectivity index (χ4n) is 6.10. The Labute approximate surface area is 212 Å². The number of ether oxygens (including phenoxy) is 2. The van der Waals surface area contributed by atoms with Crippen LogP contribution in [0.15, 0.2) is 54.6 Å². The van der Waals surface area contributed by atoms with E-state index in [9.17, 15) is 9.90 Å². The Morgan fingerprint density at radius 2 is 1.81 bits per heavy atom. The van der Waals surface area contributed by atoms with Crippen LogP contribution in [0.4, 0.5) is 0 Å². The van der Waals surface area contributed by atoms with Crippen molar-refractivity contribution in [1.82, 2.24) is 9.80 Å². The largest absolute Gasteiger partial charge is 0.486 e. The standard InChI is InChI=1S/C30H34N2O4/c33-25(15-23-8-3-7-22-6-1-2-9-26(22)23)20-31-11-4-5-21(18-31)19-32-12-10-24-16-28-29(36-14-13-35-28)17-27(24)30(32)34/h1-3,6-9,16-17,21,25,33H,4-5,10-15,18-20H2. The number of nitrogens with zero attached hydrogens (tertiary/aromatic N) is 2. The van der Waals surface area contributed by atoms with Crippen molar-refractivity contribution in [3.8, 4) is 11.5 Å². The predicted octanol–water partition coefficient (Wildman–Crippen LogP) is 3.92. The fraction of sp³-hybridized carbons (Fsp3) is 0.433. The molecule has 1 amide bonds. The highest BCUT2D eigenvalue weighted by Crippen LogP contribution is 2.35. The van der Waals surface area contributed by atoms with E-state index in [-0.39, 0.29) is 5.91 Å². The van der Waals surface area contributed by atoms with Crippen LogP contribution in [-0.2, 0) is 12.8 Å². The summed E-state index contributed by atoms with van der Waals surface area (Å²) in [4.78, 5) is 17.7. The molecule has 1 N–H and O–H groups in total. The summed E-state index contributed by atoms with van der Waals surface area (Å²) >= 11 is 0. The molecule has 0 spiro atoms. The molecule has 2 atom stereocenters. The zero-order valence-corrected chi connectivity index (χ0v) is 20.7. The molecule has 0 bridgehead atoms. The SMILES string of the molecule is O=C1c2cc3c(cc2CCN1CC1CCCN(CC(O)Cc2cccc4ccccc24)C1)OCCO3. The smallest absolute Gasteiger partial charge is 0.254 e. The van der Waals surface area contributed by atoms with Crippen LogP contribution in [0.5, 0.6) is 11.5 Å². The Bertz CT molecular complexity index is 1250. The van der Waals surface area contributed by atoms with Gasteiger partial charge in [-0.05, 0) is 65.8 Å². The van der Waals surface area contributed by atoms with Gasteiger partial charge in [-0.2, -0.15) is 0 Å². The van der Waals surface area contributed by atoms with Crippen molar-refractivity contribution in [2.75, 3.05) is 45.9 Å². The molecule has 0 aliphatic carbocycles. The molecule has 0 radical (unpaired) electrons. The summed E-state index contributed by atoms with van der Waals surface area (Å²) in [6.45, 7) is 5.18. The number of hydrogen-bond acceptors (Lipinski definition) is 5. The van der Waals surface area contributed by atoms with Crippen molar-refractivity contribution >= 4 is 16.7 Å². The van der Waals surface area contributed by atoms with E-state index in [4.69, 9.17) is 9.47 Å². The van der Waals surface area contributed by atoms with Gasteiger partial charge < -0.3 is 24.4 Å². The van der Waals surface area contributed by atoms with Gasteiger partial charge in [-0.15, -0.1) is 0 Å². The molecule has 3 aromatic rings. The molecule has 2 unspecified atom stereocenters. The summed E-state index contributed by atoms with van der Waals surface area (Å²) in [5.74, 6) is 1.96. The number of carbonyl (C=O) groups is 1. The Balaban J connectivity index is 1.07. The second-order valence-electron chi connectivity index (χ2n) is 10.4. The van der Waals surface area contributed by atoms with Crippen molar-refractivity contribution in [3.05, 3.63) is 71.3 Å². The molecule has 6 heteroatoms. The van der Waals surface area contributed by atoms with E-state index >= 15 is 0 Å². The maximum atomic E-state index is 13.3. The van der Waals surface area contributed by atoms with E-state index in [0.29, 0.717) is 37.8 Å². The van der Waals surface area contributed by atoms with Gasteiger partial charge in [0.1, 0.15) is 13.2 Å². The number of aliphatic hydroxyl groups is 1. The Kier molecular flexibility index (Phi) is 6.55. The maximum absolute atomic E-state index is 13.3. The van der Waals surface area contributed by atoms with E-state index in [1.807, 2.05) is 17.0 Å². The summed E-state index contributed by atoms with van der Waals surface area (Å²) in [7, 11) is 0. The third-order valence-corrected chi connectivity index (χ3v) is 7.82. The lowest BCUT2D eigenvalue weighted by molar-refractivity contribution is 0.0578. The number of amides is 1. The van der Waals surface area contributed by atoms with Gasteiger partial charge in [-0.3, -0.25) is 4.79 Å². The highest BCUT2D eigenvalue weighted by atomic mass is 16.6. The molecular weight excluding hydrogens is 452 g/mol. The first-order valence-corrected chi connectivity index (χ1v) is 13.2. The first kappa shape index (κ1) is 23.3. The number of fused-ring (bicyclic) bond motifs is 3. The Hall–Kier alpha value is -3.09. The molecule has 6 rings (SSSR count). The number of benzene rings is 3. The van der Waals surface area contributed by atoms with Crippen molar-refractivity contribution in [2.45, 2.75) is 31.8 Å². The molecule has 0 saturated carbocycles. The molecule has 188 valence electrons. The van der Waals surface area contributed by atoms with Crippen LogP contribution in [-0.4, -0.2) is 72.9 Å². The first-order chi connectivity index (χ1) is 17.6. The van der Waals surface area contributed by atoms with Crippen molar-refractivity contribution in [3.63, 3.8) is 0 Å². The van der Waals surface area contributed by atoms with Gasteiger partial charge in [-0.1, -0.05) is 42.5 Å². The number of hydrogen-bond donors (Lipinski definition) is 1. The van der Waals surface area contributed by atoms with Crippen LogP contribution in [0.3, 0.4) is 0 Å². The van der Waals surface area contributed by atoms with Gasteiger partial charge in [-0.25, -0.2) is 0 Å². The van der Waals surface area contributed by atoms with Crippen LogP contribution >= 0.6 is 0 Å². The minimum absolute atomic E-state index is 0.0985. The average Bonchev–Trinajstić information content (AvgIpc) is 2.90. The normalized spacial score (nSPS) is 20.9. The zero-order valence-electron chi connectivity index (χ0n) is 20.7. The number of likely N-dealkylation sites (tertiary alicyclic amines) is 1. The van der Waals surface area contributed by atoms with E-state index < -0.39 is 6.10 Å². The second-order valence-corrected chi connectivity index (χ2v) is 10.4. The van der Waals surface area contributed by atoms with E-state index in [2.05, 4.69) is 47.4 Å². The van der Waals surface area contributed by atoms with E-state index in [1.54, 1.807) is 0 Å². The van der Waals surface area contributed by atoms with Crippen LogP contribution < -0.4 is 9.47 Å². The van der Waals surface area contributed by atoms with E-state index in [0.717, 1.165) is 62.3 Å². The highest BCUT2D eigenvalue weighted by Gasteiger charge is 2.31. The molecule has 3 aromatic carbocycles. The molecule has 3 aliphatic rings. The van der Waals surface area contributed by atoms with Crippen LogP contribution in [0.1, 0.15) is 34.3 Å². The topological polar surface area (TPSA) is 62.2 Å². The van der Waals surface area contributed by atoms with Crippen LogP contribution in [0, 0.1) is 5.92 Å². The number of piperidine rings is 1. The molecule has 3 aliphatic heterocycles. The van der Waals surface area contributed by atoms with Crippen molar-refractivity contribution in [1.29, 1.82) is 0 Å². The van der Waals surface area contributed by atoms with Gasteiger partial charge >= 0.3 is 0 Å². The summed E-state index contributed by atoms with van der Waals surface area (Å²) in [6, 6.07) is 18.5. The Morgan fingerprint density at radius 1 is 1.00 bits per heavy atom. The molecule has 3 heterocycles. The first-order valence-electron chi connectivity index (χ1n) is 13.2. The lowest BCUT2D eigenvalue weighted by Crippen LogP contribution is -2.46. The molecule has 1 fully saturated rings. The number of rotatable bonds is 6. The molecule has 0 aromatic heterocycles. The van der Waals surface area contributed by atoms with Gasteiger partial charge in [0.2, 0.25) is 0 Å². The summed E-state index contributed by atoms with van der Waals surface area (Å²) in [5, 5.41) is 13.4. The minimum Gasteiger partial charge on any atom is -0.486 e. The average molecular weight is 487 g/mol. The monoisotopic (exact) mass is 486 g/mol. The summed E-state index contributed by atoms with van der Waals surface area (Å²) in [6.07, 6.45) is 3.31. The lowest BCUT2D eigenvalue weighted by Gasteiger charge is -2.38. The van der Waals surface area contributed by atoms with Crippen LogP contribution in [0.2, 0.25) is 0 Å². The number of β-amino-alcohol motifs (C(OH)–C–C–N with tert-alkyl or cyclic N) is 1. The highest BCUT2D eigenvalue weighted by molar-refractivity contribution is 5.97. The quantitative estimate of drug-likeness (QED) is 0.572. The van der Waals surface area contributed by atoms with Crippen molar-refractivity contribution in [2.24, 2.45) is 5.92 Å². The van der Waals surface area contributed by atoms with Gasteiger partial charge in [0.15, 0.2) is 11.5 Å². The predicted molar refractivity (Wildman–Crippen MR) is 140 cm³/mol. The fourth-order valence-corrected chi connectivity index (χ4v) is 6.10. The summed E-state index contributed by atoms with van der Waals surface area (Å²) < 4.78 is 11.4. The van der Waals surface area contributed by atoms with Crippen molar-refractivity contribution < 1.29 is 19.4 Å². The summed E-state index contributed by atoms with van der Waals surface area (Å²) in [5.41, 5.74) is 3.01. The van der Waals surface area contributed by atoms with E-state index in [1.165, 1.54) is 16.3 Å². The number of aliphatic hydroxyl groups excluding tert-OH is 1. The molecular formula is C30H34N2O4. The van der Waals surface area contributed by atoms with Crippen LogP contribution in [0.25, 0.3) is 10.8 Å². The molecule has 36 heavy (non-hydrogen) atoms. The maximum Gasteiger partial charge on any atom is 0.254 e. The Morgan fingerprint density at radius 3 is 2.69 bits per heavy atom. The second kappa shape index (κ2) is 10.1. The van der Waals surface area contributed by atoms with Gasteiger partial charge in [0, 0.05) is 38.2 Å². The molecule has 1 saturated heterocycles. The molecule has 6 nitrogen and oxygen atoms in total. The van der Waals surface area contributed by atoms with Gasteiger partial charge in [0.05, 0.1) is 6.10 Å². The zero-order chi connectivity index (χ0) is 24.5. The minimum atomic E-state index is -0.411. The lowest BCUT2D eigenvalue weighted by atomic mass is 9.93. The number of carbonyl (C=O) groups excluding carboxylic acids is 1. The third-order valence-electron chi connectivity index (χ3n) is 7.82.